The smallest absolute Gasteiger partial charge is 0.227 e. The van der Waals surface area contributed by atoms with E-state index in [1.807, 2.05) is 0 Å². The molecule has 0 aliphatic rings. The first-order valence-corrected chi connectivity index (χ1v) is 6.56. The predicted molar refractivity (Wildman–Crippen MR) is 71.8 cm³/mol. The third-order valence-electron chi connectivity index (χ3n) is 2.23. The Hall–Kier alpha value is -0.520. The molecule has 1 unspecified atom stereocenters. The minimum absolute atomic E-state index is 0.0644. The van der Waals surface area contributed by atoms with Crippen molar-refractivity contribution >= 4 is 40.7 Å². The zero-order valence-electron chi connectivity index (χ0n) is 10.3. The fraction of sp³-hybridized carbons (Fsp3) is 0.700. The minimum atomic E-state index is -1.38. The summed E-state index contributed by atoms with van der Waals surface area (Å²) in [5.74, 6) is -0.274. The Morgan fingerprint density at radius 3 is 2.44 bits per heavy atom. The lowest BCUT2D eigenvalue weighted by molar-refractivity contribution is -0.130. The van der Waals surface area contributed by atoms with Crippen LogP contribution in [0.5, 0.6) is 0 Å². The van der Waals surface area contributed by atoms with Crippen LogP contribution in [-0.4, -0.2) is 30.9 Å². The Kier molecular flexibility index (Phi) is 4.86. The van der Waals surface area contributed by atoms with E-state index in [9.17, 15) is 4.79 Å². The Morgan fingerprint density at radius 2 is 2.06 bits per heavy atom. The number of hydrogen-bond acceptors (Lipinski definition) is 3. The third kappa shape index (κ3) is 3.73. The van der Waals surface area contributed by atoms with Crippen molar-refractivity contribution in [3.05, 3.63) is 12.7 Å². The molecule has 0 bridgehead atoms. The van der Waals surface area contributed by atoms with Crippen LogP contribution in [0.4, 0.5) is 0 Å². The molecule has 0 saturated heterocycles. The SMILES string of the molecule is CC(C)(C)C(=O)NC(n1cncn1)C(Cl)(Cl)CCl. The van der Waals surface area contributed by atoms with Crippen LogP contribution in [0.3, 0.4) is 0 Å². The summed E-state index contributed by atoms with van der Waals surface area (Å²) in [6.45, 7) is 5.35. The van der Waals surface area contributed by atoms with Gasteiger partial charge >= 0.3 is 0 Å². The van der Waals surface area contributed by atoms with Crippen molar-refractivity contribution in [1.82, 2.24) is 20.1 Å². The van der Waals surface area contributed by atoms with Crippen LogP contribution in [0, 0.1) is 5.41 Å². The van der Waals surface area contributed by atoms with Gasteiger partial charge in [0.1, 0.15) is 12.7 Å². The van der Waals surface area contributed by atoms with Crippen molar-refractivity contribution in [2.75, 3.05) is 5.88 Å². The fourth-order valence-corrected chi connectivity index (χ4v) is 1.58. The second-order valence-electron chi connectivity index (χ2n) is 4.90. The van der Waals surface area contributed by atoms with Gasteiger partial charge in [0.25, 0.3) is 0 Å². The van der Waals surface area contributed by atoms with E-state index in [1.165, 1.54) is 17.3 Å². The lowest BCUT2D eigenvalue weighted by Gasteiger charge is -2.31. The number of carbonyl (C=O) groups excluding carboxylic acids is 1. The van der Waals surface area contributed by atoms with Gasteiger partial charge in [0.15, 0.2) is 10.5 Å². The second-order valence-corrected chi connectivity index (χ2v) is 6.71. The van der Waals surface area contributed by atoms with Gasteiger partial charge in [0, 0.05) is 5.41 Å². The van der Waals surface area contributed by atoms with E-state index in [0.717, 1.165) is 0 Å². The molecule has 0 spiro atoms. The molecule has 0 radical (unpaired) electrons. The first kappa shape index (κ1) is 15.5. The maximum atomic E-state index is 12.0. The van der Waals surface area contributed by atoms with Gasteiger partial charge in [-0.05, 0) is 0 Å². The van der Waals surface area contributed by atoms with Gasteiger partial charge in [-0.1, -0.05) is 44.0 Å². The molecule has 0 saturated carbocycles. The highest BCUT2D eigenvalue weighted by atomic mass is 35.5. The van der Waals surface area contributed by atoms with Crippen LogP contribution in [0.25, 0.3) is 0 Å². The number of amides is 1. The summed E-state index contributed by atoms with van der Waals surface area (Å²) in [4.78, 5) is 15.8. The molecule has 0 aromatic carbocycles. The predicted octanol–water partition coefficient (Wildman–Crippen LogP) is 2.35. The standard InChI is InChI=1S/C10H15Cl3N4O/c1-9(2,3)8(18)16-7(10(12,13)4-11)17-6-14-5-15-17/h5-7H,4H2,1-3H3,(H,16,18). The molecule has 1 rings (SSSR count). The maximum Gasteiger partial charge on any atom is 0.227 e. The van der Waals surface area contributed by atoms with Gasteiger partial charge in [-0.3, -0.25) is 4.79 Å². The van der Waals surface area contributed by atoms with E-state index in [0.29, 0.717) is 0 Å². The first-order chi connectivity index (χ1) is 8.18. The zero-order valence-corrected chi connectivity index (χ0v) is 12.6. The summed E-state index contributed by atoms with van der Waals surface area (Å²) in [7, 11) is 0. The van der Waals surface area contributed by atoms with Gasteiger partial charge in [-0.2, -0.15) is 5.10 Å². The molecule has 0 aliphatic carbocycles. The maximum absolute atomic E-state index is 12.0. The Bertz CT molecular complexity index is 400. The molecule has 0 fully saturated rings. The number of rotatable bonds is 4. The molecule has 18 heavy (non-hydrogen) atoms. The molecular formula is C10H15Cl3N4O. The Morgan fingerprint density at radius 1 is 1.44 bits per heavy atom. The van der Waals surface area contributed by atoms with Crippen molar-refractivity contribution in [2.24, 2.45) is 5.41 Å². The highest BCUT2D eigenvalue weighted by Crippen LogP contribution is 2.34. The number of nitrogens with zero attached hydrogens (tertiary/aromatic N) is 3. The largest absolute Gasteiger partial charge is 0.331 e. The molecule has 0 aliphatic heterocycles. The molecule has 5 nitrogen and oxygen atoms in total. The molecule has 1 atom stereocenters. The lowest BCUT2D eigenvalue weighted by atomic mass is 9.95. The molecule has 1 aromatic heterocycles. The highest BCUT2D eigenvalue weighted by Gasteiger charge is 2.39. The number of halogens is 3. The Balaban J connectivity index is 2.97. The normalized spacial score (nSPS) is 14.3. The van der Waals surface area contributed by atoms with Crippen molar-refractivity contribution in [3.8, 4) is 0 Å². The second kappa shape index (κ2) is 5.63. The molecular weight excluding hydrogens is 298 g/mol. The topological polar surface area (TPSA) is 59.8 Å². The number of hydrogen-bond donors (Lipinski definition) is 1. The van der Waals surface area contributed by atoms with E-state index in [-0.39, 0.29) is 11.8 Å². The number of alkyl halides is 3. The number of aromatic nitrogens is 3. The van der Waals surface area contributed by atoms with Crippen molar-refractivity contribution in [1.29, 1.82) is 0 Å². The number of nitrogens with one attached hydrogen (secondary N) is 1. The van der Waals surface area contributed by atoms with E-state index in [1.54, 1.807) is 20.8 Å². The van der Waals surface area contributed by atoms with E-state index >= 15 is 0 Å². The zero-order chi connectivity index (χ0) is 14.0. The molecule has 1 N–H and O–H groups in total. The van der Waals surface area contributed by atoms with Gasteiger partial charge < -0.3 is 5.32 Å². The monoisotopic (exact) mass is 312 g/mol. The minimum Gasteiger partial charge on any atom is -0.331 e. The first-order valence-electron chi connectivity index (χ1n) is 5.27. The summed E-state index contributed by atoms with van der Waals surface area (Å²) >= 11 is 17.9. The van der Waals surface area contributed by atoms with E-state index in [4.69, 9.17) is 34.8 Å². The van der Waals surface area contributed by atoms with Crippen LogP contribution in [0.15, 0.2) is 12.7 Å². The molecule has 102 valence electrons. The van der Waals surface area contributed by atoms with Gasteiger partial charge in [0.05, 0.1) is 5.88 Å². The van der Waals surface area contributed by atoms with E-state index in [2.05, 4.69) is 15.4 Å². The lowest BCUT2D eigenvalue weighted by Crippen LogP contribution is -2.47. The fourth-order valence-electron chi connectivity index (χ4n) is 1.13. The highest BCUT2D eigenvalue weighted by molar-refractivity contribution is 6.51. The molecule has 8 heteroatoms. The Labute approximate surface area is 121 Å². The van der Waals surface area contributed by atoms with Gasteiger partial charge in [0.2, 0.25) is 5.91 Å². The number of carbonyl (C=O) groups is 1. The summed E-state index contributed by atoms with van der Waals surface area (Å²) in [5, 5.41) is 6.65. The summed E-state index contributed by atoms with van der Waals surface area (Å²) < 4.78 is -0.0117. The molecule has 1 amide bonds. The average molecular weight is 314 g/mol. The average Bonchev–Trinajstić information content (AvgIpc) is 2.76. The van der Waals surface area contributed by atoms with Crippen molar-refractivity contribution in [3.63, 3.8) is 0 Å². The van der Waals surface area contributed by atoms with Crippen LogP contribution >= 0.6 is 34.8 Å². The van der Waals surface area contributed by atoms with Crippen LogP contribution in [-0.2, 0) is 4.79 Å². The van der Waals surface area contributed by atoms with Crippen LogP contribution in [0.1, 0.15) is 26.9 Å². The summed E-state index contributed by atoms with van der Waals surface area (Å²) in [6, 6.07) is 0. The molecule has 1 heterocycles. The van der Waals surface area contributed by atoms with Crippen LogP contribution < -0.4 is 5.32 Å². The summed E-state index contributed by atoms with van der Waals surface area (Å²) in [6.07, 6.45) is 1.96. The van der Waals surface area contributed by atoms with Crippen LogP contribution in [0.2, 0.25) is 0 Å². The third-order valence-corrected chi connectivity index (χ3v) is 3.60. The van der Waals surface area contributed by atoms with Gasteiger partial charge in [-0.25, -0.2) is 9.67 Å². The van der Waals surface area contributed by atoms with Crippen molar-refractivity contribution < 1.29 is 4.79 Å². The molecule has 1 aromatic rings. The summed E-state index contributed by atoms with van der Waals surface area (Å²) in [5.41, 5.74) is -0.574. The van der Waals surface area contributed by atoms with Crippen molar-refractivity contribution in [2.45, 2.75) is 31.3 Å². The van der Waals surface area contributed by atoms with Gasteiger partial charge in [-0.15, -0.1) is 11.6 Å². The van der Waals surface area contributed by atoms with E-state index < -0.39 is 15.9 Å². The quantitative estimate of drug-likeness (QED) is 0.868.